The average molecular weight is 601 g/mol. The molecule has 0 fully saturated rings. The Kier molecular flexibility index (Phi) is 5.51. The van der Waals surface area contributed by atoms with Crippen LogP contribution in [-0.4, -0.2) is 19.9 Å². The van der Waals surface area contributed by atoms with Crippen LogP contribution in [0.4, 0.5) is 0 Å². The molecular formula is C42H24N4O. The van der Waals surface area contributed by atoms with Gasteiger partial charge in [-0.1, -0.05) is 103 Å². The lowest BCUT2D eigenvalue weighted by molar-refractivity contribution is 0.667. The lowest BCUT2D eigenvalue weighted by Crippen LogP contribution is -2.00. The summed E-state index contributed by atoms with van der Waals surface area (Å²) in [7, 11) is 0. The van der Waals surface area contributed by atoms with E-state index in [0.29, 0.717) is 17.5 Å². The number of aromatic nitrogens is 4. The number of hydrogen-bond acceptors (Lipinski definition) is 5. The Morgan fingerprint density at radius 3 is 1.79 bits per heavy atom. The summed E-state index contributed by atoms with van der Waals surface area (Å²) >= 11 is 0. The van der Waals surface area contributed by atoms with Gasteiger partial charge in [-0.15, -0.1) is 0 Å². The van der Waals surface area contributed by atoms with Crippen LogP contribution in [0.1, 0.15) is 0 Å². The quantitative estimate of drug-likeness (QED) is 0.189. The highest BCUT2D eigenvalue weighted by molar-refractivity contribution is 6.19. The summed E-state index contributed by atoms with van der Waals surface area (Å²) in [4.78, 5) is 19.5. The highest BCUT2D eigenvalue weighted by Crippen LogP contribution is 2.36. The standard InChI is InChI=1S/C42H24N4O/c1-2-7-28-21-30(13-9-25(28)5-1)40-44-41(31-15-17-34-29(22-31)16-18-37-39(34)35-19-20-43-24-38(35)47-37)46-42(45-40)32-14-12-27-11-10-26-6-3-4-8-33(26)36(27)23-32/h1-24H. The highest BCUT2D eigenvalue weighted by atomic mass is 16.3. The molecule has 0 bridgehead atoms. The van der Waals surface area contributed by atoms with E-state index < -0.39 is 0 Å². The van der Waals surface area contributed by atoms with Gasteiger partial charge in [-0.05, 0) is 73.4 Å². The van der Waals surface area contributed by atoms with Crippen molar-refractivity contribution < 1.29 is 4.42 Å². The largest absolute Gasteiger partial charge is 0.454 e. The van der Waals surface area contributed by atoms with Crippen molar-refractivity contribution in [3.63, 3.8) is 0 Å². The Morgan fingerprint density at radius 2 is 0.979 bits per heavy atom. The van der Waals surface area contributed by atoms with Crippen LogP contribution in [0.3, 0.4) is 0 Å². The molecular weight excluding hydrogens is 576 g/mol. The van der Waals surface area contributed by atoms with E-state index in [1.54, 1.807) is 12.4 Å². The van der Waals surface area contributed by atoms with Crippen LogP contribution in [-0.2, 0) is 0 Å². The molecule has 3 heterocycles. The lowest BCUT2D eigenvalue weighted by atomic mass is 9.99. The van der Waals surface area contributed by atoms with Crippen molar-refractivity contribution in [1.82, 2.24) is 19.9 Å². The van der Waals surface area contributed by atoms with Crippen LogP contribution in [0.25, 0.3) is 99.2 Å². The maximum atomic E-state index is 6.10. The SMILES string of the molecule is c1ccc2cc(-c3nc(-c4ccc5c(ccc6oc7cnccc7c65)c4)nc(-c4ccc5ccc6ccccc6c5c4)n3)ccc2c1. The Balaban J connectivity index is 1.19. The van der Waals surface area contributed by atoms with E-state index in [1.807, 2.05) is 12.1 Å². The van der Waals surface area contributed by atoms with E-state index in [1.165, 1.54) is 26.9 Å². The van der Waals surface area contributed by atoms with Crippen molar-refractivity contribution in [2.45, 2.75) is 0 Å². The van der Waals surface area contributed by atoms with Crippen LogP contribution < -0.4 is 0 Å². The van der Waals surface area contributed by atoms with Crippen LogP contribution >= 0.6 is 0 Å². The van der Waals surface area contributed by atoms with Crippen molar-refractivity contribution in [2.75, 3.05) is 0 Å². The Morgan fingerprint density at radius 1 is 0.383 bits per heavy atom. The molecule has 0 atom stereocenters. The molecule has 3 aromatic heterocycles. The van der Waals surface area contributed by atoms with E-state index in [-0.39, 0.29) is 0 Å². The smallest absolute Gasteiger partial charge is 0.164 e. The molecule has 10 rings (SSSR count). The maximum absolute atomic E-state index is 6.10. The van der Waals surface area contributed by atoms with Crippen LogP contribution in [0.2, 0.25) is 0 Å². The van der Waals surface area contributed by atoms with Crippen LogP contribution in [0.15, 0.2) is 150 Å². The normalized spacial score (nSPS) is 11.8. The molecule has 0 unspecified atom stereocenters. The molecule has 5 nitrogen and oxygen atoms in total. The van der Waals surface area contributed by atoms with Crippen molar-refractivity contribution in [2.24, 2.45) is 0 Å². The summed E-state index contributed by atoms with van der Waals surface area (Å²) in [5, 5.41) is 11.4. The van der Waals surface area contributed by atoms with Crippen LogP contribution in [0, 0.1) is 0 Å². The maximum Gasteiger partial charge on any atom is 0.164 e. The fourth-order valence-corrected chi connectivity index (χ4v) is 6.83. The summed E-state index contributed by atoms with van der Waals surface area (Å²) in [5.74, 6) is 1.90. The summed E-state index contributed by atoms with van der Waals surface area (Å²) in [6.07, 6.45) is 3.58. The van der Waals surface area contributed by atoms with Gasteiger partial charge in [0.1, 0.15) is 5.58 Å². The van der Waals surface area contributed by atoms with Gasteiger partial charge in [0, 0.05) is 33.7 Å². The van der Waals surface area contributed by atoms with Crippen molar-refractivity contribution in [3.05, 3.63) is 146 Å². The molecule has 47 heavy (non-hydrogen) atoms. The van der Waals surface area contributed by atoms with Gasteiger partial charge >= 0.3 is 0 Å². The Labute approximate surface area is 268 Å². The summed E-state index contributed by atoms with van der Waals surface area (Å²) in [6.45, 7) is 0. The molecule has 10 aromatic rings. The molecule has 0 aliphatic rings. The molecule has 0 aliphatic carbocycles. The monoisotopic (exact) mass is 600 g/mol. The number of fused-ring (bicyclic) bond motifs is 9. The van der Waals surface area contributed by atoms with Crippen molar-refractivity contribution in [3.8, 4) is 34.2 Å². The van der Waals surface area contributed by atoms with E-state index in [9.17, 15) is 0 Å². The second-order valence-corrected chi connectivity index (χ2v) is 11.9. The van der Waals surface area contributed by atoms with Gasteiger partial charge in [0.15, 0.2) is 23.1 Å². The highest BCUT2D eigenvalue weighted by Gasteiger charge is 2.16. The Bertz CT molecular complexity index is 2870. The fourth-order valence-electron chi connectivity index (χ4n) is 6.83. The first kappa shape index (κ1) is 25.8. The molecule has 0 spiro atoms. The fraction of sp³-hybridized carbons (Fsp3) is 0. The Hall–Kier alpha value is -6.46. The van der Waals surface area contributed by atoms with E-state index in [0.717, 1.165) is 54.8 Å². The zero-order chi connectivity index (χ0) is 30.9. The number of furan rings is 1. The number of benzene rings is 7. The number of rotatable bonds is 3. The molecule has 5 heteroatoms. The molecule has 0 saturated carbocycles. The van der Waals surface area contributed by atoms with Gasteiger partial charge in [0.05, 0.1) is 6.20 Å². The molecule has 0 saturated heterocycles. The first-order chi connectivity index (χ1) is 23.2. The lowest BCUT2D eigenvalue weighted by Gasteiger charge is -2.11. The topological polar surface area (TPSA) is 64.7 Å². The van der Waals surface area contributed by atoms with Gasteiger partial charge in [-0.3, -0.25) is 4.98 Å². The third-order valence-corrected chi connectivity index (χ3v) is 9.16. The van der Waals surface area contributed by atoms with Gasteiger partial charge in [0.25, 0.3) is 0 Å². The summed E-state index contributed by atoms with van der Waals surface area (Å²) < 4.78 is 6.10. The van der Waals surface area contributed by atoms with Crippen molar-refractivity contribution >= 4 is 65.0 Å². The molecule has 0 N–H and O–H groups in total. The molecule has 0 aliphatic heterocycles. The second kappa shape index (κ2) is 10.0. The van der Waals surface area contributed by atoms with Crippen molar-refractivity contribution in [1.29, 1.82) is 0 Å². The average Bonchev–Trinajstić information content (AvgIpc) is 3.53. The number of nitrogens with zero attached hydrogens (tertiary/aromatic N) is 4. The molecule has 0 amide bonds. The summed E-state index contributed by atoms with van der Waals surface area (Å²) in [6, 6.07) is 46.6. The molecule has 218 valence electrons. The second-order valence-electron chi connectivity index (χ2n) is 11.9. The van der Waals surface area contributed by atoms with Gasteiger partial charge in [-0.25, -0.2) is 15.0 Å². The van der Waals surface area contributed by atoms with Crippen LogP contribution in [0.5, 0.6) is 0 Å². The first-order valence-electron chi connectivity index (χ1n) is 15.6. The minimum atomic E-state index is 0.624. The minimum Gasteiger partial charge on any atom is -0.454 e. The van der Waals surface area contributed by atoms with E-state index >= 15 is 0 Å². The number of hydrogen-bond donors (Lipinski definition) is 0. The zero-order valence-electron chi connectivity index (χ0n) is 25.1. The summed E-state index contributed by atoms with van der Waals surface area (Å²) in [5.41, 5.74) is 4.44. The molecule has 0 radical (unpaired) electrons. The van der Waals surface area contributed by atoms with Gasteiger partial charge < -0.3 is 4.42 Å². The predicted molar refractivity (Wildman–Crippen MR) is 191 cm³/mol. The first-order valence-corrected chi connectivity index (χ1v) is 15.6. The zero-order valence-corrected chi connectivity index (χ0v) is 25.1. The van der Waals surface area contributed by atoms with Gasteiger partial charge in [-0.2, -0.15) is 0 Å². The minimum absolute atomic E-state index is 0.624. The van der Waals surface area contributed by atoms with Gasteiger partial charge in [0.2, 0.25) is 0 Å². The van der Waals surface area contributed by atoms with E-state index in [4.69, 9.17) is 19.4 Å². The molecule has 7 aromatic carbocycles. The number of pyridine rings is 1. The third-order valence-electron chi connectivity index (χ3n) is 9.16. The van der Waals surface area contributed by atoms with E-state index in [2.05, 4.69) is 126 Å². The predicted octanol–water partition coefficient (Wildman–Crippen LogP) is 10.8. The third kappa shape index (κ3) is 4.17.